The van der Waals surface area contributed by atoms with Gasteiger partial charge in [-0.15, -0.1) is 0 Å². The molecule has 6 heteroatoms. The summed E-state index contributed by atoms with van der Waals surface area (Å²) >= 11 is 0. The van der Waals surface area contributed by atoms with Gasteiger partial charge in [-0.2, -0.15) is 0 Å². The van der Waals surface area contributed by atoms with E-state index in [1.165, 1.54) is 12.1 Å². The summed E-state index contributed by atoms with van der Waals surface area (Å²) in [6, 6.07) is 21.6. The number of benzene rings is 3. The third-order valence-electron chi connectivity index (χ3n) is 9.04. The molecule has 6 rings (SSSR count). The smallest absolute Gasteiger partial charge is 0.247 e. The lowest BCUT2D eigenvalue weighted by atomic mass is 9.65. The van der Waals surface area contributed by atoms with Gasteiger partial charge in [0, 0.05) is 34.8 Å². The summed E-state index contributed by atoms with van der Waals surface area (Å²) in [5.74, 6) is -0.532. The van der Waals surface area contributed by atoms with Gasteiger partial charge in [0.1, 0.15) is 11.6 Å². The van der Waals surface area contributed by atoms with Gasteiger partial charge in [0.05, 0.1) is 5.54 Å². The predicted octanol–water partition coefficient (Wildman–Crippen LogP) is 6.77. The third kappa shape index (κ3) is 4.27. The van der Waals surface area contributed by atoms with Crippen LogP contribution in [0.15, 0.2) is 78.9 Å². The lowest BCUT2D eigenvalue weighted by molar-refractivity contribution is -0.137. The Balaban J connectivity index is 1.43. The zero-order valence-corrected chi connectivity index (χ0v) is 22.4. The van der Waals surface area contributed by atoms with Crippen molar-refractivity contribution in [3.05, 3.63) is 113 Å². The van der Waals surface area contributed by atoms with Gasteiger partial charge in [-0.05, 0) is 99.3 Å². The summed E-state index contributed by atoms with van der Waals surface area (Å²) in [6.45, 7) is 0.559. The first-order valence-corrected chi connectivity index (χ1v) is 13.6. The van der Waals surface area contributed by atoms with Gasteiger partial charge in [0.15, 0.2) is 0 Å². The van der Waals surface area contributed by atoms with E-state index in [1.54, 1.807) is 30.3 Å². The minimum absolute atomic E-state index is 0.0301. The van der Waals surface area contributed by atoms with Crippen molar-refractivity contribution >= 4 is 22.9 Å². The van der Waals surface area contributed by atoms with Crippen LogP contribution < -0.4 is 0 Å². The molecule has 1 amide bonds. The Hall–Kier alpha value is -3.77. The van der Waals surface area contributed by atoms with Crippen molar-refractivity contribution in [3.63, 3.8) is 0 Å². The minimum atomic E-state index is -0.561. The monoisotopic (exact) mass is 525 g/mol. The van der Waals surface area contributed by atoms with Crippen LogP contribution in [-0.4, -0.2) is 41.3 Å². The third-order valence-corrected chi connectivity index (χ3v) is 9.04. The van der Waals surface area contributed by atoms with Crippen molar-refractivity contribution in [3.8, 4) is 0 Å². The summed E-state index contributed by atoms with van der Waals surface area (Å²) in [7, 11) is 4.10. The van der Waals surface area contributed by atoms with E-state index in [0.717, 1.165) is 46.1 Å². The lowest BCUT2D eigenvalue weighted by Gasteiger charge is -2.55. The van der Waals surface area contributed by atoms with Crippen LogP contribution in [0.25, 0.3) is 17.0 Å². The first kappa shape index (κ1) is 25.5. The van der Waals surface area contributed by atoms with E-state index in [2.05, 4.69) is 9.88 Å². The van der Waals surface area contributed by atoms with Crippen molar-refractivity contribution in [2.75, 3.05) is 20.6 Å². The SMILES string of the molecule is CN(C)[C@]1(c2cccc(F)c2)CC[C@@]2(CC1)c1[nH]c3ccc(F)cc3c1CCN2C(=O)/C=C/c1ccccc1. The number of aromatic nitrogens is 1. The molecule has 0 atom stereocenters. The lowest BCUT2D eigenvalue weighted by Crippen LogP contribution is -2.58. The molecule has 0 saturated heterocycles. The summed E-state index contributed by atoms with van der Waals surface area (Å²) in [5, 5.41) is 0.894. The number of hydrogen-bond acceptors (Lipinski definition) is 2. The van der Waals surface area contributed by atoms with Crippen LogP contribution in [0.3, 0.4) is 0 Å². The highest BCUT2D eigenvalue weighted by atomic mass is 19.1. The van der Waals surface area contributed by atoms with Crippen LogP contribution in [0.1, 0.15) is 48.1 Å². The zero-order valence-electron chi connectivity index (χ0n) is 22.4. The number of H-pyrrole nitrogens is 1. The number of fused-ring (bicyclic) bond motifs is 4. The minimum Gasteiger partial charge on any atom is -0.356 e. The van der Waals surface area contributed by atoms with Crippen LogP contribution in [0.4, 0.5) is 8.78 Å². The highest BCUT2D eigenvalue weighted by molar-refractivity contribution is 5.93. The van der Waals surface area contributed by atoms with Gasteiger partial charge in [0.25, 0.3) is 0 Å². The van der Waals surface area contributed by atoms with Gasteiger partial charge < -0.3 is 9.88 Å². The number of nitrogens with zero attached hydrogens (tertiary/aromatic N) is 2. The summed E-state index contributed by atoms with van der Waals surface area (Å²) in [5.41, 5.74) is 4.03. The van der Waals surface area contributed by atoms with Gasteiger partial charge in [-0.3, -0.25) is 9.69 Å². The molecule has 2 heterocycles. The van der Waals surface area contributed by atoms with Gasteiger partial charge >= 0.3 is 0 Å². The van der Waals surface area contributed by atoms with E-state index >= 15 is 0 Å². The molecule has 4 aromatic rings. The molecule has 1 N–H and O–H groups in total. The second-order valence-electron chi connectivity index (χ2n) is 11.1. The molecule has 1 aromatic heterocycles. The van der Waals surface area contributed by atoms with E-state index in [9.17, 15) is 13.6 Å². The molecule has 2 aliphatic rings. The van der Waals surface area contributed by atoms with Gasteiger partial charge in [-0.1, -0.05) is 42.5 Å². The van der Waals surface area contributed by atoms with Crippen molar-refractivity contribution in [1.29, 1.82) is 0 Å². The largest absolute Gasteiger partial charge is 0.356 e. The molecule has 4 nitrogen and oxygen atoms in total. The number of halogens is 2. The molecule has 1 saturated carbocycles. The Labute approximate surface area is 227 Å². The average molecular weight is 526 g/mol. The molecule has 0 bridgehead atoms. The molecular formula is C33H33F2N3O. The molecule has 1 spiro atoms. The number of carbonyl (C=O) groups is 1. The van der Waals surface area contributed by atoms with E-state index in [4.69, 9.17) is 0 Å². The summed E-state index contributed by atoms with van der Waals surface area (Å²) in [6.07, 6.45) is 7.10. The summed E-state index contributed by atoms with van der Waals surface area (Å²) in [4.78, 5) is 21.7. The van der Waals surface area contributed by atoms with Crippen molar-refractivity contribution in [2.24, 2.45) is 0 Å². The van der Waals surface area contributed by atoms with E-state index < -0.39 is 5.54 Å². The maximum Gasteiger partial charge on any atom is 0.247 e. The highest BCUT2D eigenvalue weighted by Crippen LogP contribution is 2.53. The van der Waals surface area contributed by atoms with Crippen LogP contribution in [0.5, 0.6) is 0 Å². The van der Waals surface area contributed by atoms with Crippen LogP contribution in [0, 0.1) is 11.6 Å². The number of amides is 1. The molecule has 0 radical (unpaired) electrons. The number of nitrogens with one attached hydrogen (secondary N) is 1. The maximum atomic E-state index is 14.3. The maximum absolute atomic E-state index is 14.3. The Morgan fingerprint density at radius 1 is 0.923 bits per heavy atom. The van der Waals surface area contributed by atoms with E-state index in [1.807, 2.05) is 61.5 Å². The molecule has 3 aromatic carbocycles. The first-order chi connectivity index (χ1) is 18.8. The normalized spacial score (nSPS) is 23.2. The number of hydrogen-bond donors (Lipinski definition) is 1. The Morgan fingerprint density at radius 2 is 1.67 bits per heavy atom. The summed E-state index contributed by atoms with van der Waals surface area (Å²) < 4.78 is 28.6. The zero-order chi connectivity index (χ0) is 27.2. The second-order valence-corrected chi connectivity index (χ2v) is 11.1. The topological polar surface area (TPSA) is 39.3 Å². The number of aromatic amines is 1. The fourth-order valence-corrected chi connectivity index (χ4v) is 6.96. The Morgan fingerprint density at radius 3 is 2.38 bits per heavy atom. The molecule has 0 unspecified atom stereocenters. The molecule has 39 heavy (non-hydrogen) atoms. The molecule has 1 fully saturated rings. The quantitative estimate of drug-likeness (QED) is 0.299. The van der Waals surface area contributed by atoms with Crippen molar-refractivity contribution in [2.45, 2.75) is 43.2 Å². The molecular weight excluding hydrogens is 492 g/mol. The van der Waals surface area contributed by atoms with E-state index in [0.29, 0.717) is 25.8 Å². The first-order valence-electron chi connectivity index (χ1n) is 13.6. The average Bonchev–Trinajstić information content (AvgIpc) is 3.32. The Kier molecular flexibility index (Phi) is 6.38. The fraction of sp³-hybridized carbons (Fsp3) is 0.303. The molecule has 1 aliphatic heterocycles. The van der Waals surface area contributed by atoms with Crippen molar-refractivity contribution in [1.82, 2.24) is 14.8 Å². The van der Waals surface area contributed by atoms with Crippen LogP contribution in [0.2, 0.25) is 0 Å². The second kappa shape index (κ2) is 9.76. The van der Waals surface area contributed by atoms with Gasteiger partial charge in [-0.25, -0.2) is 8.78 Å². The van der Waals surface area contributed by atoms with Crippen molar-refractivity contribution < 1.29 is 13.6 Å². The predicted molar refractivity (Wildman–Crippen MR) is 151 cm³/mol. The van der Waals surface area contributed by atoms with Crippen LogP contribution in [-0.2, 0) is 22.3 Å². The van der Waals surface area contributed by atoms with Gasteiger partial charge in [0.2, 0.25) is 5.91 Å². The molecule has 200 valence electrons. The van der Waals surface area contributed by atoms with E-state index in [-0.39, 0.29) is 23.1 Å². The molecule has 1 aliphatic carbocycles. The van der Waals surface area contributed by atoms with Crippen LogP contribution >= 0.6 is 0 Å². The highest BCUT2D eigenvalue weighted by Gasteiger charge is 2.52. The number of rotatable bonds is 4. The Bertz CT molecular complexity index is 1550. The fourth-order valence-electron chi connectivity index (χ4n) is 6.96. The number of carbonyl (C=O) groups excluding carboxylic acids is 1. The standard InChI is InChI=1S/C33H33F2N3O/c1-37(2)32(24-9-6-10-25(34)21-24)16-18-33(19-17-32)31-27(28-22-26(35)12-13-29(28)36-31)15-20-38(33)30(39)14-11-23-7-4-3-5-8-23/h3-14,21-22,36H,15-20H2,1-2H3/b14-11+/t32-,33-.